The first-order chi connectivity index (χ1) is 9.06. The summed E-state index contributed by atoms with van der Waals surface area (Å²) in [7, 11) is 1.78. The number of pyridine rings is 1. The van der Waals surface area contributed by atoms with Crippen molar-refractivity contribution in [2.24, 2.45) is 7.05 Å². The van der Waals surface area contributed by atoms with Gasteiger partial charge in [-0.15, -0.1) is 0 Å². The molecule has 0 unspecified atom stereocenters. The molecule has 2 heterocycles. The van der Waals surface area contributed by atoms with E-state index in [4.69, 9.17) is 5.11 Å². The lowest BCUT2D eigenvalue weighted by Crippen LogP contribution is -2.24. The lowest BCUT2D eigenvalue weighted by Gasteiger charge is -2.03. The highest BCUT2D eigenvalue weighted by Crippen LogP contribution is 2.01. The van der Waals surface area contributed by atoms with Crippen LogP contribution in [0, 0.1) is 0 Å². The lowest BCUT2D eigenvalue weighted by molar-refractivity contribution is 0.0690. The molecule has 1 amide bonds. The molecule has 7 nitrogen and oxygen atoms in total. The molecule has 0 aliphatic carbocycles. The molecular formula is C12H12N4O3. The first-order valence-corrected chi connectivity index (χ1v) is 5.52. The second kappa shape index (κ2) is 5.30. The van der Waals surface area contributed by atoms with E-state index in [-0.39, 0.29) is 11.4 Å². The highest BCUT2D eigenvalue weighted by Gasteiger charge is 2.11. The predicted molar refractivity (Wildman–Crippen MR) is 65.6 cm³/mol. The second-order valence-electron chi connectivity index (χ2n) is 3.92. The molecule has 0 fully saturated rings. The number of hydrogen-bond donors (Lipinski definition) is 2. The average Bonchev–Trinajstić information content (AvgIpc) is 2.82. The van der Waals surface area contributed by atoms with Crippen LogP contribution in [0.15, 0.2) is 30.6 Å². The molecule has 0 aromatic carbocycles. The number of aryl methyl sites for hydroxylation is 1. The monoisotopic (exact) mass is 260 g/mol. The summed E-state index contributed by atoms with van der Waals surface area (Å²) in [6.07, 6.45) is 3.42. The van der Waals surface area contributed by atoms with Crippen LogP contribution >= 0.6 is 0 Å². The van der Waals surface area contributed by atoms with Gasteiger partial charge in [0.15, 0.2) is 0 Å². The molecule has 0 bridgehead atoms. The molecule has 2 aromatic heterocycles. The molecule has 0 aliphatic rings. The summed E-state index contributed by atoms with van der Waals surface area (Å²) in [5.41, 5.74) is 0.767. The SMILES string of the molecule is Cn1cc(CNC(=O)c2cccc(C(=O)O)n2)cn1. The smallest absolute Gasteiger partial charge is 0.354 e. The Balaban J connectivity index is 2.03. The fourth-order valence-electron chi connectivity index (χ4n) is 1.52. The minimum atomic E-state index is -1.16. The van der Waals surface area contributed by atoms with Gasteiger partial charge in [-0.3, -0.25) is 9.48 Å². The molecule has 2 N–H and O–H groups in total. The Morgan fingerprint density at radius 3 is 2.74 bits per heavy atom. The van der Waals surface area contributed by atoms with E-state index >= 15 is 0 Å². The number of rotatable bonds is 4. The Labute approximate surface area is 108 Å². The first kappa shape index (κ1) is 12.7. The van der Waals surface area contributed by atoms with Crippen molar-refractivity contribution >= 4 is 11.9 Å². The van der Waals surface area contributed by atoms with E-state index in [1.165, 1.54) is 18.2 Å². The molecule has 98 valence electrons. The Bertz CT molecular complexity index is 621. The van der Waals surface area contributed by atoms with Crippen molar-refractivity contribution in [2.75, 3.05) is 0 Å². The number of carbonyl (C=O) groups excluding carboxylic acids is 1. The molecule has 0 spiro atoms. The number of aromatic carboxylic acids is 1. The minimum absolute atomic E-state index is 0.0730. The van der Waals surface area contributed by atoms with Gasteiger partial charge in [-0.2, -0.15) is 5.10 Å². The van der Waals surface area contributed by atoms with Crippen LogP contribution in [0.4, 0.5) is 0 Å². The molecule has 0 atom stereocenters. The van der Waals surface area contributed by atoms with Gasteiger partial charge in [0.2, 0.25) is 0 Å². The van der Waals surface area contributed by atoms with E-state index < -0.39 is 11.9 Å². The van der Waals surface area contributed by atoms with Gasteiger partial charge in [-0.05, 0) is 12.1 Å². The van der Waals surface area contributed by atoms with E-state index in [1.54, 1.807) is 24.1 Å². The van der Waals surface area contributed by atoms with Gasteiger partial charge in [0, 0.05) is 25.4 Å². The highest BCUT2D eigenvalue weighted by atomic mass is 16.4. The van der Waals surface area contributed by atoms with Crippen LogP contribution in [0.2, 0.25) is 0 Å². The standard InChI is InChI=1S/C12H12N4O3/c1-16-7-8(6-14-16)5-13-11(17)9-3-2-4-10(15-9)12(18)19/h2-4,6-7H,5H2,1H3,(H,13,17)(H,18,19). The molecule has 2 rings (SSSR count). The van der Waals surface area contributed by atoms with E-state index in [0.717, 1.165) is 5.56 Å². The van der Waals surface area contributed by atoms with Crippen LogP contribution in [0.5, 0.6) is 0 Å². The number of carbonyl (C=O) groups is 2. The van der Waals surface area contributed by atoms with E-state index in [9.17, 15) is 9.59 Å². The number of nitrogens with one attached hydrogen (secondary N) is 1. The summed E-state index contributed by atoms with van der Waals surface area (Å²) in [6.45, 7) is 0.311. The van der Waals surface area contributed by atoms with Crippen molar-refractivity contribution < 1.29 is 14.7 Å². The Morgan fingerprint density at radius 1 is 1.37 bits per heavy atom. The number of carboxylic acid groups (broad SMARTS) is 1. The van der Waals surface area contributed by atoms with Gasteiger partial charge in [-0.25, -0.2) is 9.78 Å². The zero-order valence-electron chi connectivity index (χ0n) is 10.2. The van der Waals surface area contributed by atoms with Gasteiger partial charge >= 0.3 is 5.97 Å². The van der Waals surface area contributed by atoms with Crippen LogP contribution in [0.3, 0.4) is 0 Å². The van der Waals surface area contributed by atoms with E-state index in [2.05, 4.69) is 15.4 Å². The molecular weight excluding hydrogens is 248 g/mol. The first-order valence-electron chi connectivity index (χ1n) is 5.52. The summed E-state index contributed by atoms with van der Waals surface area (Å²) in [6, 6.07) is 4.28. The third-order valence-corrected chi connectivity index (χ3v) is 2.41. The van der Waals surface area contributed by atoms with Crippen molar-refractivity contribution in [3.63, 3.8) is 0 Å². The highest BCUT2D eigenvalue weighted by molar-refractivity contribution is 5.94. The van der Waals surface area contributed by atoms with Crippen molar-refractivity contribution in [1.82, 2.24) is 20.1 Å². The third-order valence-electron chi connectivity index (χ3n) is 2.41. The molecule has 0 saturated heterocycles. The van der Waals surface area contributed by atoms with Crippen molar-refractivity contribution in [1.29, 1.82) is 0 Å². The molecule has 2 aromatic rings. The predicted octanol–water partition coefficient (Wildman–Crippen LogP) is 0.443. The summed E-state index contributed by atoms with van der Waals surface area (Å²) in [4.78, 5) is 26.3. The maximum atomic E-state index is 11.8. The number of hydrogen-bond acceptors (Lipinski definition) is 4. The van der Waals surface area contributed by atoms with Crippen molar-refractivity contribution in [3.05, 3.63) is 47.5 Å². The summed E-state index contributed by atoms with van der Waals surface area (Å²) in [5.74, 6) is -1.59. The van der Waals surface area contributed by atoms with Crippen molar-refractivity contribution in [2.45, 2.75) is 6.54 Å². The number of amides is 1. The minimum Gasteiger partial charge on any atom is -0.477 e. The van der Waals surface area contributed by atoms with Crippen LogP contribution in [0.25, 0.3) is 0 Å². The normalized spacial score (nSPS) is 10.2. The number of aromatic nitrogens is 3. The number of carboxylic acids is 1. The molecule has 19 heavy (non-hydrogen) atoms. The van der Waals surface area contributed by atoms with E-state index in [0.29, 0.717) is 6.54 Å². The van der Waals surface area contributed by atoms with Gasteiger partial charge in [0.05, 0.1) is 6.20 Å². The zero-order chi connectivity index (χ0) is 13.8. The average molecular weight is 260 g/mol. The maximum absolute atomic E-state index is 11.8. The zero-order valence-corrected chi connectivity index (χ0v) is 10.2. The van der Waals surface area contributed by atoms with Gasteiger partial charge in [0.1, 0.15) is 11.4 Å². The Kier molecular flexibility index (Phi) is 3.56. The Hall–Kier alpha value is -2.70. The van der Waals surface area contributed by atoms with Gasteiger partial charge in [0.25, 0.3) is 5.91 Å². The molecule has 0 aliphatic heterocycles. The van der Waals surface area contributed by atoms with Gasteiger partial charge in [-0.1, -0.05) is 6.07 Å². The fraction of sp³-hybridized carbons (Fsp3) is 0.167. The molecule has 7 heteroatoms. The largest absolute Gasteiger partial charge is 0.477 e. The fourth-order valence-corrected chi connectivity index (χ4v) is 1.52. The third kappa shape index (κ3) is 3.15. The Morgan fingerprint density at radius 2 is 2.11 bits per heavy atom. The maximum Gasteiger partial charge on any atom is 0.354 e. The van der Waals surface area contributed by atoms with Crippen molar-refractivity contribution in [3.8, 4) is 0 Å². The van der Waals surface area contributed by atoms with Crippen LogP contribution in [-0.2, 0) is 13.6 Å². The van der Waals surface area contributed by atoms with E-state index in [1.807, 2.05) is 0 Å². The van der Waals surface area contributed by atoms with Crippen LogP contribution in [0.1, 0.15) is 26.5 Å². The number of nitrogens with zero attached hydrogens (tertiary/aromatic N) is 3. The topological polar surface area (TPSA) is 97.1 Å². The van der Waals surface area contributed by atoms with Crippen LogP contribution < -0.4 is 5.32 Å². The second-order valence-corrected chi connectivity index (χ2v) is 3.92. The lowest BCUT2D eigenvalue weighted by atomic mass is 10.3. The van der Waals surface area contributed by atoms with Gasteiger partial charge < -0.3 is 10.4 Å². The van der Waals surface area contributed by atoms with Crippen LogP contribution in [-0.4, -0.2) is 31.7 Å². The molecule has 0 saturated carbocycles. The summed E-state index contributed by atoms with van der Waals surface area (Å²) >= 11 is 0. The quantitative estimate of drug-likeness (QED) is 0.831. The molecule has 0 radical (unpaired) electrons. The summed E-state index contributed by atoms with van der Waals surface area (Å²) < 4.78 is 1.63. The summed E-state index contributed by atoms with van der Waals surface area (Å²) in [5, 5.41) is 15.4.